The number of halogens is 1. The molecule has 22 heavy (non-hydrogen) atoms. The Kier molecular flexibility index (Phi) is 6.14. The Labute approximate surface area is 140 Å². The Hall–Kier alpha value is -0.760. The predicted octanol–water partition coefficient (Wildman–Crippen LogP) is 1.97. The summed E-state index contributed by atoms with van der Waals surface area (Å²) in [5.74, 6) is 0.249. The lowest BCUT2D eigenvalue weighted by atomic mass is 10.1. The molecule has 1 saturated heterocycles. The zero-order valence-corrected chi connectivity index (χ0v) is 14.7. The Morgan fingerprint density at radius 1 is 1.36 bits per heavy atom. The molecule has 1 aliphatic rings. The molecule has 0 aromatic heterocycles. The molecule has 1 amide bonds. The summed E-state index contributed by atoms with van der Waals surface area (Å²) in [6.07, 6.45) is 2.51. The topological polar surface area (TPSA) is 66.5 Å². The van der Waals surface area contributed by atoms with Gasteiger partial charge in [-0.05, 0) is 25.0 Å². The minimum Gasteiger partial charge on any atom is -0.353 e. The summed E-state index contributed by atoms with van der Waals surface area (Å²) < 4.78 is 24.3. The molecule has 1 fully saturated rings. The van der Waals surface area contributed by atoms with Gasteiger partial charge < -0.3 is 5.32 Å². The number of sulfonamides is 1. The van der Waals surface area contributed by atoms with Crippen LogP contribution < -0.4 is 5.32 Å². The first kappa shape index (κ1) is 17.6. The zero-order chi connectivity index (χ0) is 16.2. The van der Waals surface area contributed by atoms with E-state index in [0.717, 1.165) is 4.90 Å². The molecule has 1 aliphatic heterocycles. The van der Waals surface area contributed by atoms with Gasteiger partial charge in [-0.2, -0.15) is 0 Å². The standard InChI is InChI=1S/C14H19ClN2O3S2/c1-22(19,20)17-8-6-11(7-9-17)16-14(18)10-21-13-5-3-2-4-12(13)15/h2-5,11H,6-10H2,1H3,(H,16,18). The van der Waals surface area contributed by atoms with Crippen molar-refractivity contribution in [2.45, 2.75) is 23.8 Å². The fraction of sp³-hybridized carbons (Fsp3) is 0.500. The summed E-state index contributed by atoms with van der Waals surface area (Å²) in [5, 5.41) is 3.60. The van der Waals surface area contributed by atoms with E-state index in [1.54, 1.807) is 6.07 Å². The molecule has 0 spiro atoms. The van der Waals surface area contributed by atoms with E-state index in [-0.39, 0.29) is 11.9 Å². The van der Waals surface area contributed by atoms with Gasteiger partial charge >= 0.3 is 0 Å². The van der Waals surface area contributed by atoms with E-state index in [4.69, 9.17) is 11.6 Å². The summed E-state index contributed by atoms with van der Waals surface area (Å²) in [6, 6.07) is 7.44. The van der Waals surface area contributed by atoms with Crippen molar-refractivity contribution in [2.24, 2.45) is 0 Å². The average molecular weight is 363 g/mol. The third-order valence-electron chi connectivity index (χ3n) is 3.48. The van der Waals surface area contributed by atoms with E-state index in [1.165, 1.54) is 22.3 Å². The number of carbonyl (C=O) groups is 1. The Morgan fingerprint density at radius 2 is 2.00 bits per heavy atom. The van der Waals surface area contributed by atoms with Crippen molar-refractivity contribution in [3.63, 3.8) is 0 Å². The van der Waals surface area contributed by atoms with E-state index in [2.05, 4.69) is 5.32 Å². The van der Waals surface area contributed by atoms with Gasteiger partial charge in [-0.3, -0.25) is 4.79 Å². The highest BCUT2D eigenvalue weighted by Crippen LogP contribution is 2.26. The maximum Gasteiger partial charge on any atom is 0.230 e. The smallest absolute Gasteiger partial charge is 0.230 e. The quantitative estimate of drug-likeness (QED) is 0.813. The van der Waals surface area contributed by atoms with Crippen LogP contribution in [0.3, 0.4) is 0 Å². The molecular weight excluding hydrogens is 344 g/mol. The van der Waals surface area contributed by atoms with Gasteiger partial charge in [-0.15, -0.1) is 11.8 Å². The number of carbonyl (C=O) groups excluding carboxylic acids is 1. The van der Waals surface area contributed by atoms with Crippen molar-refractivity contribution < 1.29 is 13.2 Å². The molecule has 5 nitrogen and oxygen atoms in total. The fourth-order valence-corrected chi connectivity index (χ4v) is 4.23. The molecule has 1 N–H and O–H groups in total. The lowest BCUT2D eigenvalue weighted by Crippen LogP contribution is -2.46. The molecule has 1 aromatic carbocycles. The number of hydrogen-bond donors (Lipinski definition) is 1. The maximum atomic E-state index is 12.0. The van der Waals surface area contributed by atoms with E-state index in [9.17, 15) is 13.2 Å². The number of benzene rings is 1. The SMILES string of the molecule is CS(=O)(=O)N1CCC(NC(=O)CSc2ccccc2Cl)CC1. The van der Waals surface area contributed by atoms with Gasteiger partial charge in [0.1, 0.15) is 0 Å². The molecule has 0 saturated carbocycles. The molecule has 0 unspecified atom stereocenters. The summed E-state index contributed by atoms with van der Waals surface area (Å²) in [5.41, 5.74) is 0. The van der Waals surface area contributed by atoms with Crippen LogP contribution in [0.5, 0.6) is 0 Å². The fourth-order valence-electron chi connectivity index (χ4n) is 2.31. The van der Waals surface area contributed by atoms with Crippen LogP contribution in [0.25, 0.3) is 0 Å². The number of piperidine rings is 1. The normalized spacial score (nSPS) is 17.4. The zero-order valence-electron chi connectivity index (χ0n) is 12.3. The van der Waals surface area contributed by atoms with E-state index in [1.807, 2.05) is 18.2 Å². The lowest BCUT2D eigenvalue weighted by Gasteiger charge is -2.30. The summed E-state index contributed by atoms with van der Waals surface area (Å²) in [6.45, 7) is 0.920. The second kappa shape index (κ2) is 7.68. The monoisotopic (exact) mass is 362 g/mol. The second-order valence-electron chi connectivity index (χ2n) is 5.22. The summed E-state index contributed by atoms with van der Waals surface area (Å²) in [7, 11) is -3.13. The lowest BCUT2D eigenvalue weighted by molar-refractivity contribution is -0.119. The largest absolute Gasteiger partial charge is 0.353 e. The molecule has 0 aliphatic carbocycles. The number of rotatable bonds is 5. The van der Waals surface area contributed by atoms with Crippen molar-refractivity contribution in [2.75, 3.05) is 25.1 Å². The van der Waals surface area contributed by atoms with Crippen molar-refractivity contribution in [1.29, 1.82) is 0 Å². The minimum absolute atomic E-state index is 0.0392. The highest BCUT2D eigenvalue weighted by molar-refractivity contribution is 8.00. The van der Waals surface area contributed by atoms with Gasteiger partial charge in [0.2, 0.25) is 15.9 Å². The molecule has 0 atom stereocenters. The predicted molar refractivity (Wildman–Crippen MR) is 89.8 cm³/mol. The third kappa shape index (κ3) is 5.15. The number of hydrogen-bond acceptors (Lipinski definition) is 4. The number of amides is 1. The molecule has 1 heterocycles. The van der Waals surface area contributed by atoms with Gasteiger partial charge in [-0.1, -0.05) is 23.7 Å². The second-order valence-corrected chi connectivity index (χ2v) is 8.63. The summed E-state index contributed by atoms with van der Waals surface area (Å²) in [4.78, 5) is 12.8. The van der Waals surface area contributed by atoms with Crippen LogP contribution >= 0.6 is 23.4 Å². The van der Waals surface area contributed by atoms with E-state index >= 15 is 0 Å². The Morgan fingerprint density at radius 3 is 2.59 bits per heavy atom. The van der Waals surface area contributed by atoms with Crippen LogP contribution in [-0.4, -0.2) is 49.8 Å². The molecule has 122 valence electrons. The van der Waals surface area contributed by atoms with Crippen LogP contribution in [0.15, 0.2) is 29.2 Å². The van der Waals surface area contributed by atoms with Crippen LogP contribution in [0, 0.1) is 0 Å². The maximum absolute atomic E-state index is 12.0. The van der Waals surface area contributed by atoms with Crippen molar-refractivity contribution in [3.05, 3.63) is 29.3 Å². The van der Waals surface area contributed by atoms with Gasteiger partial charge in [-0.25, -0.2) is 12.7 Å². The van der Waals surface area contributed by atoms with Crippen LogP contribution in [0.4, 0.5) is 0 Å². The molecule has 2 rings (SSSR count). The van der Waals surface area contributed by atoms with Crippen molar-refractivity contribution in [1.82, 2.24) is 9.62 Å². The van der Waals surface area contributed by atoms with Gasteiger partial charge in [0, 0.05) is 24.0 Å². The average Bonchev–Trinajstić information content (AvgIpc) is 2.46. The molecule has 1 aromatic rings. The summed E-state index contributed by atoms with van der Waals surface area (Å²) >= 11 is 7.44. The number of nitrogens with one attached hydrogen (secondary N) is 1. The van der Waals surface area contributed by atoms with E-state index in [0.29, 0.717) is 36.7 Å². The number of nitrogens with zero attached hydrogens (tertiary/aromatic N) is 1. The minimum atomic E-state index is -3.13. The highest BCUT2D eigenvalue weighted by atomic mass is 35.5. The van der Waals surface area contributed by atoms with Gasteiger partial charge in [0.25, 0.3) is 0 Å². The van der Waals surface area contributed by atoms with Gasteiger partial charge in [0.05, 0.1) is 17.0 Å². The van der Waals surface area contributed by atoms with E-state index < -0.39 is 10.0 Å². The van der Waals surface area contributed by atoms with Crippen molar-refractivity contribution >= 4 is 39.3 Å². The van der Waals surface area contributed by atoms with Crippen molar-refractivity contribution in [3.8, 4) is 0 Å². The first-order valence-corrected chi connectivity index (χ1v) is 10.2. The van der Waals surface area contributed by atoms with Gasteiger partial charge in [0.15, 0.2) is 0 Å². The first-order chi connectivity index (χ1) is 10.4. The third-order valence-corrected chi connectivity index (χ3v) is 6.30. The number of thioether (sulfide) groups is 1. The molecule has 0 bridgehead atoms. The van der Waals surface area contributed by atoms with Crippen LogP contribution in [-0.2, 0) is 14.8 Å². The molecule has 8 heteroatoms. The molecule has 0 radical (unpaired) electrons. The van der Waals surface area contributed by atoms with Crippen LogP contribution in [0.1, 0.15) is 12.8 Å². The highest BCUT2D eigenvalue weighted by Gasteiger charge is 2.25. The Balaban J connectivity index is 1.76. The Bertz CT molecular complexity index is 629. The molecular formula is C14H19ClN2O3S2. The van der Waals surface area contributed by atoms with Crippen LogP contribution in [0.2, 0.25) is 5.02 Å². The first-order valence-electron chi connectivity index (χ1n) is 6.98.